The van der Waals surface area contributed by atoms with Gasteiger partial charge in [0.05, 0.1) is 18.6 Å². The largest absolute Gasteiger partial charge is 0.481 e. The SMILES string of the molecule is COc1ncccc1CNC(=O)/C=C/c1ccc(N2CCCS2(=O)=O)cc1. The summed E-state index contributed by atoms with van der Waals surface area (Å²) in [6.45, 7) is 0.823. The Balaban J connectivity index is 1.58. The summed E-state index contributed by atoms with van der Waals surface area (Å²) in [5, 5.41) is 2.78. The molecular formula is C19H21N3O4S. The number of nitrogens with zero attached hydrogens (tertiary/aromatic N) is 2. The van der Waals surface area contributed by atoms with Gasteiger partial charge in [0, 0.05) is 30.9 Å². The van der Waals surface area contributed by atoms with Gasteiger partial charge in [0.15, 0.2) is 0 Å². The van der Waals surface area contributed by atoms with Crippen molar-refractivity contribution >= 4 is 27.7 Å². The summed E-state index contributed by atoms with van der Waals surface area (Å²) in [6.07, 6.45) is 5.38. The number of nitrogens with one attached hydrogen (secondary N) is 1. The molecule has 0 atom stereocenters. The quantitative estimate of drug-likeness (QED) is 0.766. The van der Waals surface area contributed by atoms with Crippen molar-refractivity contribution in [3.05, 3.63) is 59.8 Å². The van der Waals surface area contributed by atoms with Crippen LogP contribution in [-0.2, 0) is 21.4 Å². The Morgan fingerprint density at radius 3 is 2.74 bits per heavy atom. The van der Waals surface area contributed by atoms with Gasteiger partial charge in [0.1, 0.15) is 0 Å². The number of hydrogen-bond donors (Lipinski definition) is 1. The fraction of sp³-hybridized carbons (Fsp3) is 0.263. The van der Waals surface area contributed by atoms with Crippen LogP contribution < -0.4 is 14.4 Å². The van der Waals surface area contributed by atoms with Gasteiger partial charge in [-0.1, -0.05) is 18.2 Å². The molecule has 2 heterocycles. The molecule has 27 heavy (non-hydrogen) atoms. The number of sulfonamides is 1. The Hall–Kier alpha value is -2.87. The second-order valence-electron chi connectivity index (χ2n) is 6.06. The molecule has 1 N–H and O–H groups in total. The Morgan fingerprint density at radius 2 is 2.07 bits per heavy atom. The lowest BCUT2D eigenvalue weighted by molar-refractivity contribution is -0.116. The van der Waals surface area contributed by atoms with Gasteiger partial charge in [0.25, 0.3) is 0 Å². The number of carbonyl (C=O) groups excluding carboxylic acids is 1. The molecule has 1 aliphatic rings. The van der Waals surface area contributed by atoms with Crippen LogP contribution in [0.4, 0.5) is 5.69 Å². The van der Waals surface area contributed by atoms with E-state index < -0.39 is 10.0 Å². The average molecular weight is 387 g/mol. The predicted molar refractivity (Wildman–Crippen MR) is 104 cm³/mol. The first kappa shape index (κ1) is 18.9. The molecule has 0 unspecified atom stereocenters. The summed E-state index contributed by atoms with van der Waals surface area (Å²) >= 11 is 0. The van der Waals surface area contributed by atoms with Gasteiger partial charge < -0.3 is 10.1 Å². The van der Waals surface area contributed by atoms with E-state index in [2.05, 4.69) is 10.3 Å². The van der Waals surface area contributed by atoms with E-state index in [9.17, 15) is 13.2 Å². The van der Waals surface area contributed by atoms with Crippen LogP contribution in [0.2, 0.25) is 0 Å². The standard InChI is InChI=1S/C19H21N3O4S/c1-26-19-16(4-2-11-20-19)14-21-18(23)10-7-15-5-8-17(9-6-15)22-12-3-13-27(22,24)25/h2,4-11H,3,12-14H2,1H3,(H,21,23)/b10-7+. The number of ether oxygens (including phenoxy) is 1. The number of benzene rings is 1. The molecule has 1 aliphatic heterocycles. The summed E-state index contributed by atoms with van der Waals surface area (Å²) in [5.74, 6) is 0.428. The Labute approximate surface area is 158 Å². The highest BCUT2D eigenvalue weighted by Crippen LogP contribution is 2.24. The molecule has 0 bridgehead atoms. The second-order valence-corrected chi connectivity index (χ2v) is 8.07. The lowest BCUT2D eigenvalue weighted by atomic mass is 10.2. The molecule has 7 nitrogen and oxygen atoms in total. The molecular weight excluding hydrogens is 366 g/mol. The van der Waals surface area contributed by atoms with E-state index >= 15 is 0 Å². The van der Waals surface area contributed by atoms with E-state index in [0.717, 1.165) is 11.1 Å². The third-order valence-corrected chi connectivity index (χ3v) is 6.07. The van der Waals surface area contributed by atoms with Gasteiger partial charge in [0.2, 0.25) is 21.8 Å². The molecule has 8 heteroatoms. The number of aromatic nitrogens is 1. The molecule has 0 spiro atoms. The summed E-state index contributed by atoms with van der Waals surface area (Å²) in [6, 6.07) is 10.7. The summed E-state index contributed by atoms with van der Waals surface area (Å²) in [5.41, 5.74) is 2.25. The number of carbonyl (C=O) groups is 1. The van der Waals surface area contributed by atoms with Gasteiger partial charge in [-0.2, -0.15) is 0 Å². The highest BCUT2D eigenvalue weighted by molar-refractivity contribution is 7.93. The van der Waals surface area contributed by atoms with Crippen LogP contribution in [-0.4, -0.2) is 38.7 Å². The van der Waals surface area contributed by atoms with Crippen molar-refractivity contribution in [2.24, 2.45) is 0 Å². The van der Waals surface area contributed by atoms with Crippen LogP contribution in [0, 0.1) is 0 Å². The van der Waals surface area contributed by atoms with Crippen LogP contribution in [0.5, 0.6) is 5.88 Å². The predicted octanol–water partition coefficient (Wildman–Crippen LogP) is 1.96. The molecule has 1 aromatic heterocycles. The van der Waals surface area contributed by atoms with Crippen LogP contribution in [0.1, 0.15) is 17.5 Å². The molecule has 142 valence electrons. The van der Waals surface area contributed by atoms with Gasteiger partial charge >= 0.3 is 0 Å². The van der Waals surface area contributed by atoms with E-state index in [4.69, 9.17) is 4.74 Å². The summed E-state index contributed by atoms with van der Waals surface area (Å²) < 4.78 is 30.5. The van der Waals surface area contributed by atoms with Gasteiger partial charge in [-0.25, -0.2) is 13.4 Å². The van der Waals surface area contributed by atoms with Crippen LogP contribution in [0.15, 0.2) is 48.7 Å². The van der Waals surface area contributed by atoms with Crippen LogP contribution >= 0.6 is 0 Å². The van der Waals surface area contributed by atoms with Gasteiger partial charge in [-0.3, -0.25) is 9.10 Å². The molecule has 1 fully saturated rings. The minimum Gasteiger partial charge on any atom is -0.481 e. The monoisotopic (exact) mass is 387 g/mol. The van der Waals surface area contributed by atoms with Crippen molar-refractivity contribution in [3.8, 4) is 5.88 Å². The maximum atomic E-state index is 12.0. The number of methoxy groups -OCH3 is 1. The smallest absolute Gasteiger partial charge is 0.244 e. The van der Waals surface area contributed by atoms with Crippen molar-refractivity contribution in [1.29, 1.82) is 0 Å². The first-order valence-corrected chi connectivity index (χ1v) is 10.1. The molecule has 2 aromatic rings. The topological polar surface area (TPSA) is 88.6 Å². The molecule has 3 rings (SSSR count). The fourth-order valence-corrected chi connectivity index (χ4v) is 4.40. The van der Waals surface area contributed by atoms with Gasteiger partial charge in [-0.15, -0.1) is 0 Å². The van der Waals surface area contributed by atoms with Crippen LogP contribution in [0.3, 0.4) is 0 Å². The van der Waals surface area contributed by atoms with E-state index in [0.29, 0.717) is 31.1 Å². The molecule has 0 aliphatic carbocycles. The number of hydrogen-bond acceptors (Lipinski definition) is 5. The Kier molecular flexibility index (Phi) is 5.75. The van der Waals surface area contributed by atoms with Gasteiger partial charge in [-0.05, 0) is 36.3 Å². The molecule has 1 saturated heterocycles. The number of pyridine rings is 1. The molecule has 0 saturated carbocycles. The normalized spacial score (nSPS) is 15.8. The first-order chi connectivity index (χ1) is 13.0. The first-order valence-electron chi connectivity index (χ1n) is 8.54. The van der Waals surface area contributed by atoms with E-state index in [1.165, 1.54) is 17.5 Å². The highest BCUT2D eigenvalue weighted by Gasteiger charge is 2.28. The minimum atomic E-state index is -3.18. The fourth-order valence-electron chi connectivity index (χ4n) is 2.84. The lowest BCUT2D eigenvalue weighted by Crippen LogP contribution is -2.24. The Bertz CT molecular complexity index is 940. The molecule has 0 radical (unpaired) electrons. The minimum absolute atomic E-state index is 0.191. The van der Waals surface area contributed by atoms with E-state index in [1.54, 1.807) is 42.6 Å². The Morgan fingerprint density at radius 1 is 1.30 bits per heavy atom. The van der Waals surface area contributed by atoms with Crippen molar-refractivity contribution in [1.82, 2.24) is 10.3 Å². The van der Waals surface area contributed by atoms with Crippen LogP contribution in [0.25, 0.3) is 6.08 Å². The van der Waals surface area contributed by atoms with Crippen molar-refractivity contribution in [3.63, 3.8) is 0 Å². The maximum Gasteiger partial charge on any atom is 0.244 e. The second kappa shape index (κ2) is 8.22. The molecule has 1 aromatic carbocycles. The number of amides is 1. The summed E-state index contributed by atoms with van der Waals surface area (Å²) in [4.78, 5) is 16.1. The van der Waals surface area contributed by atoms with Crippen molar-refractivity contribution in [2.45, 2.75) is 13.0 Å². The zero-order valence-corrected chi connectivity index (χ0v) is 15.8. The average Bonchev–Trinajstić information content (AvgIpc) is 3.04. The van der Waals surface area contributed by atoms with Crippen molar-refractivity contribution in [2.75, 3.05) is 23.7 Å². The maximum absolute atomic E-state index is 12.0. The summed E-state index contributed by atoms with van der Waals surface area (Å²) in [7, 11) is -1.65. The third-order valence-electron chi connectivity index (χ3n) is 4.20. The number of rotatable bonds is 6. The van der Waals surface area contributed by atoms with E-state index in [1.807, 2.05) is 6.07 Å². The molecule has 1 amide bonds. The van der Waals surface area contributed by atoms with Crippen molar-refractivity contribution < 1.29 is 17.9 Å². The zero-order chi connectivity index (χ0) is 19.3. The third kappa shape index (κ3) is 4.65. The lowest BCUT2D eigenvalue weighted by Gasteiger charge is -2.16. The van der Waals surface area contributed by atoms with E-state index in [-0.39, 0.29) is 11.7 Å². The number of anilines is 1. The zero-order valence-electron chi connectivity index (χ0n) is 15.0. The highest BCUT2D eigenvalue weighted by atomic mass is 32.2.